The Morgan fingerprint density at radius 2 is 1.92 bits per heavy atom. The van der Waals surface area contributed by atoms with Crippen molar-refractivity contribution >= 4 is 34.1 Å². The molecule has 2 nitrogen and oxygen atoms in total. The van der Waals surface area contributed by atoms with Crippen molar-refractivity contribution in [2.75, 3.05) is 0 Å². The maximum Gasteiger partial charge on any atom is 0.151 e. The van der Waals surface area contributed by atoms with Crippen molar-refractivity contribution in [2.45, 2.75) is 0 Å². The number of hydrogen-bond donors (Lipinski definition) is 0. The number of halogens is 3. The van der Waals surface area contributed by atoms with Crippen molar-refractivity contribution in [2.24, 2.45) is 0 Å². The van der Waals surface area contributed by atoms with Crippen LogP contribution >= 0.6 is 23.2 Å². The van der Waals surface area contributed by atoms with Gasteiger partial charge < -0.3 is 0 Å². The average Bonchev–Trinajstić information content (AvgIpc) is 2.07. The quantitative estimate of drug-likeness (QED) is 0.633. The van der Waals surface area contributed by atoms with Crippen LogP contribution in [0.3, 0.4) is 0 Å². The first-order chi connectivity index (χ1) is 6.18. The number of benzene rings is 1. The third-order valence-electron chi connectivity index (χ3n) is 1.61. The van der Waals surface area contributed by atoms with E-state index in [1.807, 2.05) is 0 Å². The van der Waals surface area contributed by atoms with Crippen LogP contribution in [0.5, 0.6) is 0 Å². The Bertz CT molecular complexity index is 473. The summed E-state index contributed by atoms with van der Waals surface area (Å²) in [5, 5.41) is 0.905. The summed E-state index contributed by atoms with van der Waals surface area (Å²) in [6.45, 7) is 0. The third kappa shape index (κ3) is 1.45. The molecule has 0 unspecified atom stereocenters. The lowest BCUT2D eigenvalue weighted by Crippen LogP contribution is -1.87. The molecule has 0 aliphatic rings. The summed E-state index contributed by atoms with van der Waals surface area (Å²) >= 11 is 11.4. The van der Waals surface area contributed by atoms with Gasteiger partial charge in [0.05, 0.1) is 0 Å². The molecule has 0 aliphatic heterocycles. The van der Waals surface area contributed by atoms with Gasteiger partial charge in [0.2, 0.25) is 0 Å². The minimum Gasteiger partial charge on any atom is -0.233 e. The molecule has 0 bridgehead atoms. The lowest BCUT2D eigenvalue weighted by atomic mass is 10.2. The molecule has 1 aromatic heterocycles. The largest absolute Gasteiger partial charge is 0.233 e. The summed E-state index contributed by atoms with van der Waals surface area (Å²) in [5.74, 6) is -0.494. The van der Waals surface area contributed by atoms with E-state index in [4.69, 9.17) is 23.2 Å². The normalized spacial score (nSPS) is 10.7. The first kappa shape index (κ1) is 8.66. The predicted octanol–water partition coefficient (Wildman–Crippen LogP) is 3.08. The fourth-order valence-corrected chi connectivity index (χ4v) is 1.45. The Labute approximate surface area is 83.3 Å². The standard InChI is InChI=1S/C8H3Cl2FN2/c9-4-1-5-7(6(11)2-4)12-3-13-8(5)10/h1-3H. The van der Waals surface area contributed by atoms with E-state index in [0.29, 0.717) is 5.39 Å². The second-order valence-corrected chi connectivity index (χ2v) is 3.24. The maximum atomic E-state index is 13.2. The van der Waals surface area contributed by atoms with Crippen LogP contribution in [0.4, 0.5) is 4.39 Å². The molecular formula is C8H3Cl2FN2. The van der Waals surface area contributed by atoms with Crippen molar-refractivity contribution in [1.29, 1.82) is 0 Å². The average molecular weight is 217 g/mol. The predicted molar refractivity (Wildman–Crippen MR) is 49.5 cm³/mol. The highest BCUT2D eigenvalue weighted by atomic mass is 35.5. The lowest BCUT2D eigenvalue weighted by Gasteiger charge is -1.99. The molecule has 0 spiro atoms. The van der Waals surface area contributed by atoms with Gasteiger partial charge >= 0.3 is 0 Å². The number of rotatable bonds is 0. The molecule has 0 N–H and O–H groups in total. The number of aromatic nitrogens is 2. The second kappa shape index (κ2) is 3.09. The molecule has 0 fully saturated rings. The Kier molecular flexibility index (Phi) is 2.06. The van der Waals surface area contributed by atoms with Crippen LogP contribution < -0.4 is 0 Å². The van der Waals surface area contributed by atoms with E-state index in [-0.39, 0.29) is 15.7 Å². The van der Waals surface area contributed by atoms with E-state index in [2.05, 4.69) is 9.97 Å². The molecular weight excluding hydrogens is 214 g/mol. The van der Waals surface area contributed by atoms with Gasteiger partial charge in [0.1, 0.15) is 17.0 Å². The molecule has 1 heterocycles. The van der Waals surface area contributed by atoms with Gasteiger partial charge in [-0.15, -0.1) is 0 Å². The summed E-state index contributed by atoms with van der Waals surface area (Å²) in [4.78, 5) is 7.47. The molecule has 0 atom stereocenters. The monoisotopic (exact) mass is 216 g/mol. The summed E-state index contributed by atoms with van der Waals surface area (Å²) < 4.78 is 13.2. The Morgan fingerprint density at radius 1 is 1.15 bits per heavy atom. The highest BCUT2D eigenvalue weighted by Crippen LogP contribution is 2.25. The van der Waals surface area contributed by atoms with Gasteiger partial charge in [-0.3, -0.25) is 0 Å². The topological polar surface area (TPSA) is 25.8 Å². The van der Waals surface area contributed by atoms with Crippen molar-refractivity contribution in [3.8, 4) is 0 Å². The van der Waals surface area contributed by atoms with Gasteiger partial charge in [0.25, 0.3) is 0 Å². The zero-order valence-electron chi connectivity index (χ0n) is 6.26. The molecule has 2 rings (SSSR count). The van der Waals surface area contributed by atoms with Crippen LogP contribution in [-0.2, 0) is 0 Å². The van der Waals surface area contributed by atoms with E-state index in [1.165, 1.54) is 18.5 Å². The summed E-state index contributed by atoms with van der Waals surface area (Å²) in [7, 11) is 0. The van der Waals surface area contributed by atoms with Crippen LogP contribution in [-0.4, -0.2) is 9.97 Å². The third-order valence-corrected chi connectivity index (χ3v) is 2.13. The van der Waals surface area contributed by atoms with Crippen molar-refractivity contribution < 1.29 is 4.39 Å². The van der Waals surface area contributed by atoms with E-state index in [0.717, 1.165) is 0 Å². The Hall–Kier alpha value is -0.930. The summed E-state index contributed by atoms with van der Waals surface area (Å²) in [6, 6.07) is 2.72. The highest BCUT2D eigenvalue weighted by Gasteiger charge is 2.07. The second-order valence-electron chi connectivity index (χ2n) is 2.45. The minimum absolute atomic E-state index is 0.185. The molecule has 0 radical (unpaired) electrons. The van der Waals surface area contributed by atoms with Crippen LogP contribution in [0, 0.1) is 5.82 Å². The fraction of sp³-hybridized carbons (Fsp3) is 0. The summed E-state index contributed by atoms with van der Waals surface area (Å²) in [5.41, 5.74) is 0.185. The number of hydrogen-bond acceptors (Lipinski definition) is 2. The zero-order valence-corrected chi connectivity index (χ0v) is 7.77. The fourth-order valence-electron chi connectivity index (χ4n) is 1.06. The van der Waals surface area contributed by atoms with Crippen LogP contribution in [0.25, 0.3) is 10.9 Å². The molecule has 0 aliphatic carbocycles. The van der Waals surface area contributed by atoms with Gasteiger partial charge in [-0.2, -0.15) is 0 Å². The smallest absolute Gasteiger partial charge is 0.151 e. The lowest BCUT2D eigenvalue weighted by molar-refractivity contribution is 0.636. The maximum absolute atomic E-state index is 13.2. The molecule has 1 aromatic carbocycles. The number of fused-ring (bicyclic) bond motifs is 1. The molecule has 0 saturated heterocycles. The molecule has 13 heavy (non-hydrogen) atoms. The molecule has 2 aromatic rings. The van der Waals surface area contributed by atoms with Gasteiger partial charge in [0, 0.05) is 10.4 Å². The Balaban J connectivity index is 2.94. The number of nitrogens with zero attached hydrogens (tertiary/aromatic N) is 2. The Morgan fingerprint density at radius 3 is 2.69 bits per heavy atom. The first-order valence-electron chi connectivity index (χ1n) is 3.44. The highest BCUT2D eigenvalue weighted by molar-refractivity contribution is 6.35. The van der Waals surface area contributed by atoms with Crippen LogP contribution in [0.2, 0.25) is 10.2 Å². The van der Waals surface area contributed by atoms with E-state index in [9.17, 15) is 4.39 Å². The van der Waals surface area contributed by atoms with Crippen molar-refractivity contribution in [3.05, 3.63) is 34.5 Å². The van der Waals surface area contributed by atoms with Crippen molar-refractivity contribution in [3.63, 3.8) is 0 Å². The minimum atomic E-state index is -0.494. The van der Waals surface area contributed by atoms with Crippen LogP contribution in [0.15, 0.2) is 18.5 Å². The van der Waals surface area contributed by atoms with Gasteiger partial charge in [-0.25, -0.2) is 14.4 Å². The SMILES string of the molecule is Fc1cc(Cl)cc2c(Cl)ncnc12. The summed E-state index contributed by atoms with van der Waals surface area (Å²) in [6.07, 6.45) is 1.21. The zero-order chi connectivity index (χ0) is 9.42. The van der Waals surface area contributed by atoms with Gasteiger partial charge in [-0.1, -0.05) is 23.2 Å². The van der Waals surface area contributed by atoms with E-state index >= 15 is 0 Å². The van der Waals surface area contributed by atoms with Gasteiger partial charge in [0.15, 0.2) is 5.82 Å². The van der Waals surface area contributed by atoms with Crippen LogP contribution in [0.1, 0.15) is 0 Å². The molecule has 5 heteroatoms. The van der Waals surface area contributed by atoms with Crippen molar-refractivity contribution in [1.82, 2.24) is 9.97 Å². The van der Waals surface area contributed by atoms with Gasteiger partial charge in [-0.05, 0) is 12.1 Å². The molecule has 66 valence electrons. The first-order valence-corrected chi connectivity index (χ1v) is 4.19. The van der Waals surface area contributed by atoms with E-state index < -0.39 is 5.82 Å². The molecule has 0 amide bonds. The molecule has 0 saturated carbocycles. The van der Waals surface area contributed by atoms with E-state index in [1.54, 1.807) is 0 Å².